The van der Waals surface area contributed by atoms with Gasteiger partial charge in [-0.1, -0.05) is 12.1 Å². The molecule has 0 spiro atoms. The van der Waals surface area contributed by atoms with Crippen molar-refractivity contribution < 1.29 is 40.0 Å². The summed E-state index contributed by atoms with van der Waals surface area (Å²) in [4.78, 5) is -0.769. The van der Waals surface area contributed by atoms with E-state index in [0.29, 0.717) is 0 Å². The molecule has 0 atom stereocenters. The molecule has 0 radical (unpaired) electrons. The molecule has 0 saturated carbocycles. The van der Waals surface area contributed by atoms with Gasteiger partial charge >= 0.3 is 16.5 Å². The van der Waals surface area contributed by atoms with Crippen LogP contribution in [0.5, 0.6) is 23.0 Å². The normalized spacial score (nSPS) is 11.7. The largest absolute Gasteiger partial charge is 0.573 e. The highest BCUT2D eigenvalue weighted by molar-refractivity contribution is 7.87. The fraction of sp³-hybridized carbons (Fsp3) is 0.200. The molecule has 0 bridgehead atoms. The zero-order valence-electron chi connectivity index (χ0n) is 13.0. The molecule has 0 aliphatic carbocycles. The van der Waals surface area contributed by atoms with E-state index >= 15 is 0 Å². The van der Waals surface area contributed by atoms with Crippen LogP contribution in [0.4, 0.5) is 13.2 Å². The SMILES string of the molecule is COc1cc(OC)cc(OS(=O)(=O)c2ccccc2OC(F)(F)F)c1. The number of halogens is 3. The van der Waals surface area contributed by atoms with Crippen LogP contribution < -0.4 is 18.4 Å². The maximum absolute atomic E-state index is 12.4. The summed E-state index contributed by atoms with van der Waals surface area (Å²) in [6.45, 7) is 0. The number of ether oxygens (including phenoxy) is 3. The van der Waals surface area contributed by atoms with E-state index in [4.69, 9.17) is 13.7 Å². The van der Waals surface area contributed by atoms with Crippen LogP contribution in [-0.4, -0.2) is 29.0 Å². The first kappa shape index (κ1) is 18.7. The first-order chi connectivity index (χ1) is 11.6. The summed E-state index contributed by atoms with van der Waals surface area (Å²) in [5.41, 5.74) is 0. The van der Waals surface area contributed by atoms with Crippen molar-refractivity contribution in [3.63, 3.8) is 0 Å². The predicted octanol–water partition coefficient (Wildman–Crippen LogP) is 3.37. The van der Waals surface area contributed by atoms with Crippen molar-refractivity contribution >= 4 is 10.1 Å². The molecular weight excluding hydrogens is 365 g/mol. The Labute approximate surface area is 141 Å². The topological polar surface area (TPSA) is 71.1 Å². The summed E-state index contributed by atoms with van der Waals surface area (Å²) in [7, 11) is -1.91. The Kier molecular flexibility index (Phi) is 5.31. The van der Waals surface area contributed by atoms with Crippen molar-refractivity contribution in [2.45, 2.75) is 11.3 Å². The van der Waals surface area contributed by atoms with Gasteiger partial charge in [0.2, 0.25) is 0 Å². The zero-order chi connectivity index (χ0) is 18.7. The Hall–Kier alpha value is -2.62. The van der Waals surface area contributed by atoms with Gasteiger partial charge in [0.1, 0.15) is 22.1 Å². The monoisotopic (exact) mass is 378 g/mol. The van der Waals surface area contributed by atoms with E-state index in [-0.39, 0.29) is 17.2 Å². The van der Waals surface area contributed by atoms with Gasteiger partial charge in [0.25, 0.3) is 0 Å². The minimum absolute atomic E-state index is 0.196. The van der Waals surface area contributed by atoms with Crippen LogP contribution in [0.15, 0.2) is 47.4 Å². The Morgan fingerprint density at radius 1 is 0.880 bits per heavy atom. The molecular formula is C15H13F3O6S. The van der Waals surface area contributed by atoms with Gasteiger partial charge in [-0.25, -0.2) is 0 Å². The Morgan fingerprint density at radius 2 is 1.40 bits per heavy atom. The maximum Gasteiger partial charge on any atom is 0.573 e. The molecule has 0 unspecified atom stereocenters. The lowest BCUT2D eigenvalue weighted by molar-refractivity contribution is -0.275. The number of benzene rings is 2. The molecule has 136 valence electrons. The molecule has 0 heterocycles. The quantitative estimate of drug-likeness (QED) is 0.718. The van der Waals surface area contributed by atoms with Crippen LogP contribution in [0.1, 0.15) is 0 Å². The number of para-hydroxylation sites is 1. The highest BCUT2D eigenvalue weighted by Crippen LogP contribution is 2.33. The Morgan fingerprint density at radius 3 is 1.92 bits per heavy atom. The van der Waals surface area contributed by atoms with Crippen molar-refractivity contribution in [3.05, 3.63) is 42.5 Å². The molecule has 25 heavy (non-hydrogen) atoms. The van der Waals surface area contributed by atoms with Gasteiger partial charge in [0.15, 0.2) is 5.75 Å². The number of alkyl halides is 3. The average Bonchev–Trinajstić information content (AvgIpc) is 2.52. The smallest absolute Gasteiger partial charge is 0.496 e. The second-order valence-corrected chi connectivity index (χ2v) is 6.10. The second-order valence-electron chi connectivity index (χ2n) is 4.58. The third-order valence-corrected chi connectivity index (χ3v) is 4.16. The summed E-state index contributed by atoms with van der Waals surface area (Å²) in [5.74, 6) is -0.614. The lowest BCUT2D eigenvalue weighted by atomic mass is 10.3. The van der Waals surface area contributed by atoms with Gasteiger partial charge in [-0.15, -0.1) is 13.2 Å². The minimum atomic E-state index is -5.05. The van der Waals surface area contributed by atoms with E-state index in [1.54, 1.807) is 0 Å². The van der Waals surface area contributed by atoms with Crippen molar-refractivity contribution in [1.82, 2.24) is 0 Å². The van der Waals surface area contributed by atoms with Crippen LogP contribution in [0.2, 0.25) is 0 Å². The number of hydrogen-bond donors (Lipinski definition) is 0. The summed E-state index contributed by atoms with van der Waals surface area (Å²) >= 11 is 0. The first-order valence-electron chi connectivity index (χ1n) is 6.67. The van der Waals surface area contributed by atoms with Crippen molar-refractivity contribution in [2.75, 3.05) is 14.2 Å². The molecule has 0 aliphatic rings. The van der Waals surface area contributed by atoms with E-state index in [1.807, 2.05) is 0 Å². The van der Waals surface area contributed by atoms with Gasteiger partial charge in [0, 0.05) is 18.2 Å². The molecule has 0 N–H and O–H groups in total. The highest BCUT2D eigenvalue weighted by atomic mass is 32.2. The van der Waals surface area contributed by atoms with Crippen molar-refractivity contribution in [3.8, 4) is 23.0 Å². The first-order valence-corrected chi connectivity index (χ1v) is 8.08. The van der Waals surface area contributed by atoms with Crippen LogP contribution >= 0.6 is 0 Å². The van der Waals surface area contributed by atoms with Crippen molar-refractivity contribution in [2.24, 2.45) is 0 Å². The molecule has 0 aliphatic heterocycles. The average molecular weight is 378 g/mol. The maximum atomic E-state index is 12.4. The molecule has 0 aromatic heterocycles. The predicted molar refractivity (Wildman–Crippen MR) is 80.5 cm³/mol. The van der Waals surface area contributed by atoms with Gasteiger partial charge in [0.05, 0.1) is 14.2 Å². The summed E-state index contributed by atoms with van der Waals surface area (Å²) in [6, 6.07) is 8.21. The number of methoxy groups -OCH3 is 2. The highest BCUT2D eigenvalue weighted by Gasteiger charge is 2.34. The Balaban J connectivity index is 2.41. The molecule has 2 aromatic rings. The van der Waals surface area contributed by atoms with Gasteiger partial charge in [-0.2, -0.15) is 8.42 Å². The van der Waals surface area contributed by atoms with E-state index in [9.17, 15) is 21.6 Å². The van der Waals surface area contributed by atoms with Crippen LogP contribution in [0.3, 0.4) is 0 Å². The van der Waals surface area contributed by atoms with Crippen LogP contribution in [-0.2, 0) is 10.1 Å². The van der Waals surface area contributed by atoms with Gasteiger partial charge in [-0.05, 0) is 12.1 Å². The molecule has 10 heteroatoms. The lowest BCUT2D eigenvalue weighted by Gasteiger charge is -2.14. The van der Waals surface area contributed by atoms with Crippen LogP contribution in [0, 0.1) is 0 Å². The van der Waals surface area contributed by atoms with Crippen molar-refractivity contribution in [1.29, 1.82) is 0 Å². The third-order valence-electron chi connectivity index (χ3n) is 2.88. The fourth-order valence-corrected chi connectivity index (χ4v) is 2.91. The van der Waals surface area contributed by atoms with E-state index in [0.717, 1.165) is 12.1 Å². The summed E-state index contributed by atoms with van der Waals surface area (Å²) in [6.07, 6.45) is -5.05. The van der Waals surface area contributed by atoms with E-state index in [2.05, 4.69) is 4.74 Å². The molecule has 0 amide bonds. The summed E-state index contributed by atoms with van der Waals surface area (Å²) < 4.78 is 80.6. The van der Waals surface area contributed by atoms with E-state index in [1.165, 1.54) is 44.6 Å². The van der Waals surface area contributed by atoms with Crippen LogP contribution in [0.25, 0.3) is 0 Å². The lowest BCUT2D eigenvalue weighted by Crippen LogP contribution is -2.20. The molecule has 6 nitrogen and oxygen atoms in total. The number of hydrogen-bond acceptors (Lipinski definition) is 6. The molecule has 2 aromatic carbocycles. The third kappa shape index (κ3) is 4.92. The number of rotatable bonds is 6. The molecule has 2 rings (SSSR count). The van der Waals surface area contributed by atoms with E-state index < -0.39 is 27.1 Å². The van der Waals surface area contributed by atoms with Gasteiger partial charge in [-0.3, -0.25) is 0 Å². The molecule has 0 saturated heterocycles. The standard InChI is InChI=1S/C15H13F3O6S/c1-21-10-7-11(22-2)9-12(8-10)24-25(19,20)14-6-4-3-5-13(14)23-15(16,17)18/h3-9H,1-2H3. The fourth-order valence-electron chi connectivity index (χ4n) is 1.87. The minimum Gasteiger partial charge on any atom is -0.496 e. The summed E-state index contributed by atoms with van der Waals surface area (Å²) in [5, 5.41) is 0. The molecule has 0 fully saturated rings. The Bertz CT molecular complexity index is 826. The zero-order valence-corrected chi connectivity index (χ0v) is 13.8. The van der Waals surface area contributed by atoms with Gasteiger partial charge < -0.3 is 18.4 Å². The second kappa shape index (κ2) is 7.09.